The zero-order valence-electron chi connectivity index (χ0n) is 5.83. The molecule has 0 aliphatic heterocycles. The van der Waals surface area contributed by atoms with E-state index in [1.54, 1.807) is 0 Å². The van der Waals surface area contributed by atoms with Gasteiger partial charge in [-0.1, -0.05) is 20.3 Å². The van der Waals surface area contributed by atoms with Crippen molar-refractivity contribution in [2.24, 2.45) is 5.92 Å². The molecule has 0 rings (SSSR count). The molecule has 0 aromatic rings. The van der Waals surface area contributed by atoms with Gasteiger partial charge in [0.25, 0.3) is 5.97 Å². The lowest BCUT2D eigenvalue weighted by molar-refractivity contribution is -0.319. The summed E-state index contributed by atoms with van der Waals surface area (Å²) >= 11 is 0. The Morgan fingerprint density at radius 3 is 1.89 bits per heavy atom. The molecule has 0 fully saturated rings. The molecule has 0 saturated carbocycles. The van der Waals surface area contributed by atoms with Gasteiger partial charge in [-0.05, 0) is 5.92 Å². The molecule has 0 aromatic heterocycles. The molecule has 1 unspecified atom stereocenters. The van der Waals surface area contributed by atoms with Crippen LogP contribution in [0.1, 0.15) is 26.7 Å². The highest BCUT2D eigenvalue weighted by atomic mass is 16.7. The van der Waals surface area contributed by atoms with Crippen molar-refractivity contribution in [1.29, 1.82) is 0 Å². The number of hydrogen-bond donors (Lipinski definition) is 3. The Bertz CT molecular complexity index is 74.9. The Balaban J connectivity index is 3.47. The second kappa shape index (κ2) is 3.15. The van der Waals surface area contributed by atoms with Gasteiger partial charge in [0.2, 0.25) is 0 Å². The van der Waals surface area contributed by atoms with E-state index >= 15 is 0 Å². The van der Waals surface area contributed by atoms with Gasteiger partial charge in [-0.15, -0.1) is 0 Å². The van der Waals surface area contributed by atoms with Crippen molar-refractivity contribution in [3.8, 4) is 0 Å². The third kappa shape index (κ3) is 5.76. The summed E-state index contributed by atoms with van der Waals surface area (Å²) in [5.74, 6) is -2.33. The predicted molar refractivity (Wildman–Crippen MR) is 33.5 cm³/mol. The Hall–Kier alpha value is -0.120. The first-order chi connectivity index (χ1) is 3.95. The highest BCUT2D eigenvalue weighted by molar-refractivity contribution is 4.54. The zero-order valence-corrected chi connectivity index (χ0v) is 5.83. The van der Waals surface area contributed by atoms with E-state index in [4.69, 9.17) is 15.3 Å². The normalized spacial score (nSPS) is 15.7. The molecule has 1 atom stereocenters. The summed E-state index contributed by atoms with van der Waals surface area (Å²) in [5.41, 5.74) is 0. The lowest BCUT2D eigenvalue weighted by Gasteiger charge is -2.17. The molecule has 3 heteroatoms. The molecule has 56 valence electrons. The maximum Gasteiger partial charge on any atom is 0.275 e. The first-order valence-corrected chi connectivity index (χ1v) is 3.13. The lowest BCUT2D eigenvalue weighted by atomic mass is 10.0. The van der Waals surface area contributed by atoms with Crippen LogP contribution in [0.15, 0.2) is 0 Å². The standard InChI is InChI=1S/C6H14O3/c1-3-5(2)4-6(7,8)9/h5,7-9H,3-4H2,1-2H3. The molecule has 0 heterocycles. The lowest BCUT2D eigenvalue weighted by Crippen LogP contribution is -2.29. The van der Waals surface area contributed by atoms with E-state index in [0.29, 0.717) is 0 Å². The average Bonchev–Trinajstić information content (AvgIpc) is 1.62. The summed E-state index contributed by atoms with van der Waals surface area (Å²) in [6.45, 7) is 3.77. The first kappa shape index (κ1) is 8.88. The average molecular weight is 134 g/mol. The van der Waals surface area contributed by atoms with Crippen LogP contribution < -0.4 is 0 Å². The summed E-state index contributed by atoms with van der Waals surface area (Å²) in [6, 6.07) is 0. The Kier molecular flexibility index (Phi) is 3.11. The van der Waals surface area contributed by atoms with Crippen LogP contribution in [-0.2, 0) is 0 Å². The van der Waals surface area contributed by atoms with E-state index < -0.39 is 5.97 Å². The first-order valence-electron chi connectivity index (χ1n) is 3.13. The van der Waals surface area contributed by atoms with Gasteiger partial charge in [0.1, 0.15) is 0 Å². The summed E-state index contributed by atoms with van der Waals surface area (Å²) in [4.78, 5) is 0. The van der Waals surface area contributed by atoms with Gasteiger partial charge in [0.15, 0.2) is 0 Å². The number of rotatable bonds is 3. The third-order valence-electron chi connectivity index (χ3n) is 1.32. The second-order valence-corrected chi connectivity index (χ2v) is 2.49. The van der Waals surface area contributed by atoms with Crippen molar-refractivity contribution in [3.63, 3.8) is 0 Å². The fraction of sp³-hybridized carbons (Fsp3) is 1.00. The van der Waals surface area contributed by atoms with E-state index in [0.717, 1.165) is 6.42 Å². The van der Waals surface area contributed by atoms with Crippen molar-refractivity contribution in [2.45, 2.75) is 32.7 Å². The molecule has 0 amide bonds. The maximum absolute atomic E-state index is 8.43. The Morgan fingerprint density at radius 2 is 1.78 bits per heavy atom. The molecule has 0 radical (unpaired) electrons. The van der Waals surface area contributed by atoms with E-state index in [-0.39, 0.29) is 12.3 Å². The largest absolute Gasteiger partial charge is 0.344 e. The molecular formula is C6H14O3. The Morgan fingerprint density at radius 1 is 1.33 bits per heavy atom. The highest BCUT2D eigenvalue weighted by Crippen LogP contribution is 2.13. The third-order valence-corrected chi connectivity index (χ3v) is 1.32. The molecule has 3 N–H and O–H groups in total. The smallest absolute Gasteiger partial charge is 0.275 e. The maximum atomic E-state index is 8.43. The van der Waals surface area contributed by atoms with Crippen LogP contribution in [0, 0.1) is 5.92 Å². The van der Waals surface area contributed by atoms with Crippen LogP contribution in [0.3, 0.4) is 0 Å². The molecule has 0 spiro atoms. The van der Waals surface area contributed by atoms with E-state index in [1.807, 2.05) is 13.8 Å². The minimum Gasteiger partial charge on any atom is -0.344 e. The minimum atomic E-state index is -2.48. The fourth-order valence-electron chi connectivity index (χ4n) is 0.612. The summed E-state index contributed by atoms with van der Waals surface area (Å²) in [7, 11) is 0. The van der Waals surface area contributed by atoms with Gasteiger partial charge >= 0.3 is 0 Å². The molecule has 0 saturated heterocycles. The van der Waals surface area contributed by atoms with Crippen LogP contribution in [-0.4, -0.2) is 21.3 Å². The molecule has 0 aliphatic carbocycles. The summed E-state index contributed by atoms with van der Waals surface area (Å²) < 4.78 is 0. The molecule has 0 aliphatic rings. The van der Waals surface area contributed by atoms with E-state index in [1.165, 1.54) is 0 Å². The fourth-order valence-corrected chi connectivity index (χ4v) is 0.612. The predicted octanol–water partition coefficient (Wildman–Crippen LogP) is 0.0533. The van der Waals surface area contributed by atoms with E-state index in [2.05, 4.69) is 0 Å². The monoisotopic (exact) mass is 134 g/mol. The van der Waals surface area contributed by atoms with Gasteiger partial charge in [-0.25, -0.2) is 0 Å². The van der Waals surface area contributed by atoms with Gasteiger partial charge in [0, 0.05) is 6.42 Å². The quantitative estimate of drug-likeness (QED) is 0.478. The van der Waals surface area contributed by atoms with Crippen LogP contribution in [0.5, 0.6) is 0 Å². The van der Waals surface area contributed by atoms with Crippen LogP contribution in [0.25, 0.3) is 0 Å². The molecule has 0 aromatic carbocycles. The van der Waals surface area contributed by atoms with Crippen LogP contribution >= 0.6 is 0 Å². The molecule has 0 bridgehead atoms. The van der Waals surface area contributed by atoms with Crippen molar-refractivity contribution < 1.29 is 15.3 Å². The zero-order chi connectivity index (χ0) is 7.49. The summed E-state index contributed by atoms with van der Waals surface area (Å²) in [5, 5.41) is 25.3. The van der Waals surface area contributed by atoms with Gasteiger partial charge in [-0.3, -0.25) is 0 Å². The van der Waals surface area contributed by atoms with E-state index in [9.17, 15) is 0 Å². The SMILES string of the molecule is CCC(C)CC(O)(O)O. The molecule has 9 heavy (non-hydrogen) atoms. The Labute approximate surface area is 54.9 Å². The van der Waals surface area contributed by atoms with Crippen LogP contribution in [0.4, 0.5) is 0 Å². The van der Waals surface area contributed by atoms with Crippen molar-refractivity contribution in [2.75, 3.05) is 0 Å². The van der Waals surface area contributed by atoms with Crippen LogP contribution in [0.2, 0.25) is 0 Å². The van der Waals surface area contributed by atoms with Crippen molar-refractivity contribution in [1.82, 2.24) is 0 Å². The molecular weight excluding hydrogens is 120 g/mol. The van der Waals surface area contributed by atoms with Gasteiger partial charge in [0.05, 0.1) is 0 Å². The van der Waals surface area contributed by atoms with Crippen molar-refractivity contribution in [3.05, 3.63) is 0 Å². The second-order valence-electron chi connectivity index (χ2n) is 2.49. The minimum absolute atomic E-state index is 0.0174. The number of aliphatic hydroxyl groups is 3. The van der Waals surface area contributed by atoms with Gasteiger partial charge < -0.3 is 15.3 Å². The number of hydrogen-bond acceptors (Lipinski definition) is 3. The molecule has 3 nitrogen and oxygen atoms in total. The topological polar surface area (TPSA) is 60.7 Å². The van der Waals surface area contributed by atoms with Gasteiger partial charge in [-0.2, -0.15) is 0 Å². The highest BCUT2D eigenvalue weighted by Gasteiger charge is 2.20. The van der Waals surface area contributed by atoms with Crippen molar-refractivity contribution >= 4 is 0 Å². The summed E-state index contributed by atoms with van der Waals surface area (Å²) in [6.07, 6.45) is 0.854.